The Morgan fingerprint density at radius 1 is 1.07 bits per heavy atom. The first-order valence-corrected chi connectivity index (χ1v) is 9.92. The van der Waals surface area contributed by atoms with Gasteiger partial charge in [0.2, 0.25) is 0 Å². The summed E-state index contributed by atoms with van der Waals surface area (Å²) >= 11 is 1.34. The van der Waals surface area contributed by atoms with Crippen LogP contribution in [0.2, 0.25) is 0 Å². The largest absolute Gasteiger partial charge is 0.480 e. The molecule has 0 aliphatic heterocycles. The highest BCUT2D eigenvalue weighted by Gasteiger charge is 2.28. The highest BCUT2D eigenvalue weighted by molar-refractivity contribution is 8.01. The minimum atomic E-state index is -0.871. The van der Waals surface area contributed by atoms with Gasteiger partial charge < -0.3 is 10.1 Å². The molecule has 0 saturated carbocycles. The maximum atomic E-state index is 11.4. The minimum Gasteiger partial charge on any atom is -0.480 e. The lowest BCUT2D eigenvalue weighted by Gasteiger charge is -2.18. The second-order valence-corrected chi connectivity index (χ2v) is 10.00. The fourth-order valence-corrected chi connectivity index (χ4v) is 3.67. The molecule has 28 heavy (non-hydrogen) atoms. The van der Waals surface area contributed by atoms with Gasteiger partial charge in [0.05, 0.1) is 5.69 Å². The maximum Gasteiger partial charge on any atom is 0.319 e. The van der Waals surface area contributed by atoms with Crippen molar-refractivity contribution < 1.29 is 9.90 Å². The van der Waals surface area contributed by atoms with Gasteiger partial charge in [-0.15, -0.1) is 11.8 Å². The quantitative estimate of drug-likeness (QED) is 0.567. The Hall–Kier alpha value is -2.60. The van der Waals surface area contributed by atoms with Crippen LogP contribution >= 0.6 is 11.8 Å². The second-order valence-electron chi connectivity index (χ2n) is 8.30. The van der Waals surface area contributed by atoms with E-state index in [0.717, 1.165) is 32.9 Å². The van der Waals surface area contributed by atoms with Crippen LogP contribution in [0.1, 0.15) is 51.7 Å². The van der Waals surface area contributed by atoms with Gasteiger partial charge in [-0.2, -0.15) is 0 Å². The third-order valence-corrected chi connectivity index (χ3v) is 5.57. The monoisotopic (exact) mass is 395 g/mol. The van der Waals surface area contributed by atoms with E-state index in [4.69, 9.17) is 0 Å². The van der Waals surface area contributed by atoms with Gasteiger partial charge in [-0.3, -0.25) is 4.79 Å². The molecule has 0 unspecified atom stereocenters. The molecule has 0 saturated heterocycles. The van der Waals surface area contributed by atoms with Crippen LogP contribution in [-0.4, -0.2) is 30.8 Å². The van der Waals surface area contributed by atoms with Crippen molar-refractivity contribution in [3.05, 3.63) is 53.7 Å². The Balaban J connectivity index is 1.83. The molecule has 0 spiro atoms. The highest BCUT2D eigenvalue weighted by Crippen LogP contribution is 2.34. The molecule has 0 bridgehead atoms. The van der Waals surface area contributed by atoms with Gasteiger partial charge >= 0.3 is 5.97 Å². The molecule has 0 fully saturated rings. The van der Waals surface area contributed by atoms with E-state index in [9.17, 15) is 9.90 Å². The van der Waals surface area contributed by atoms with Gasteiger partial charge in [0.25, 0.3) is 0 Å². The lowest BCUT2D eigenvalue weighted by Crippen LogP contribution is -2.26. The van der Waals surface area contributed by atoms with Crippen LogP contribution in [0.25, 0.3) is 23.1 Å². The maximum absolute atomic E-state index is 11.4. The molecule has 0 aliphatic rings. The summed E-state index contributed by atoms with van der Waals surface area (Å²) in [5, 5.41) is 10.4. The van der Waals surface area contributed by atoms with Gasteiger partial charge in [-0.05, 0) is 56.3 Å². The number of hydrogen-bond donors (Lipinski definition) is 2. The second kappa shape index (κ2) is 7.43. The van der Waals surface area contributed by atoms with E-state index in [-0.39, 0.29) is 5.41 Å². The summed E-state index contributed by atoms with van der Waals surface area (Å²) in [6.45, 7) is 9.80. The Morgan fingerprint density at radius 3 is 2.50 bits per heavy atom. The average molecular weight is 396 g/mol. The van der Waals surface area contributed by atoms with Crippen LogP contribution < -0.4 is 0 Å². The van der Waals surface area contributed by atoms with E-state index in [1.807, 2.05) is 36.4 Å². The summed E-state index contributed by atoms with van der Waals surface area (Å²) in [6.07, 6.45) is 5.55. The van der Waals surface area contributed by atoms with E-state index >= 15 is 0 Å². The van der Waals surface area contributed by atoms with Crippen LogP contribution in [0.15, 0.2) is 41.6 Å². The standard InChI is InChI=1S/C22H25N3O2S/c1-21(2,3)19-12-15(23-13-24-19)6-7-16-10-14-11-17(8-9-18(14)25-16)28-22(4,5)20(26)27/h6-13,25H,1-5H3,(H,26,27)/b7-6+. The summed E-state index contributed by atoms with van der Waals surface area (Å²) < 4.78 is -0.871. The van der Waals surface area contributed by atoms with E-state index in [1.165, 1.54) is 11.8 Å². The third-order valence-electron chi connectivity index (χ3n) is 4.39. The number of carboxylic acids is 1. The zero-order valence-electron chi connectivity index (χ0n) is 16.8. The number of aromatic amines is 1. The molecule has 2 aromatic heterocycles. The van der Waals surface area contributed by atoms with E-state index in [1.54, 1.807) is 20.2 Å². The number of H-pyrrole nitrogens is 1. The van der Waals surface area contributed by atoms with Gasteiger partial charge in [0.15, 0.2) is 0 Å². The molecule has 0 radical (unpaired) electrons. The predicted octanol–water partition coefficient (Wildman–Crippen LogP) is 5.38. The van der Waals surface area contributed by atoms with Crippen molar-refractivity contribution in [1.29, 1.82) is 0 Å². The van der Waals surface area contributed by atoms with Crippen molar-refractivity contribution in [2.24, 2.45) is 0 Å². The molecule has 0 amide bonds. The molecule has 146 valence electrons. The topological polar surface area (TPSA) is 78.9 Å². The number of rotatable bonds is 5. The first kappa shape index (κ1) is 20.1. The summed E-state index contributed by atoms with van der Waals surface area (Å²) in [4.78, 5) is 24.3. The van der Waals surface area contributed by atoms with Crippen molar-refractivity contribution in [2.75, 3.05) is 0 Å². The normalized spacial score (nSPS) is 12.8. The van der Waals surface area contributed by atoms with Gasteiger partial charge in [-0.1, -0.05) is 20.8 Å². The highest BCUT2D eigenvalue weighted by atomic mass is 32.2. The first-order chi connectivity index (χ1) is 13.0. The van der Waals surface area contributed by atoms with Crippen molar-refractivity contribution >= 4 is 40.8 Å². The molecule has 3 rings (SSSR count). The van der Waals surface area contributed by atoms with Crippen LogP contribution in [0.4, 0.5) is 0 Å². The van der Waals surface area contributed by atoms with Crippen LogP contribution in [0.5, 0.6) is 0 Å². The lowest BCUT2D eigenvalue weighted by atomic mass is 9.91. The summed E-state index contributed by atoms with van der Waals surface area (Å²) in [5.74, 6) is -0.824. The summed E-state index contributed by atoms with van der Waals surface area (Å²) in [6, 6.07) is 10.00. The molecule has 0 atom stereocenters. The fourth-order valence-electron chi connectivity index (χ4n) is 2.67. The smallest absolute Gasteiger partial charge is 0.319 e. The van der Waals surface area contributed by atoms with Crippen molar-refractivity contribution in [2.45, 2.75) is 49.7 Å². The number of thioether (sulfide) groups is 1. The Bertz CT molecular complexity index is 1050. The van der Waals surface area contributed by atoms with E-state index in [0.29, 0.717) is 0 Å². The predicted molar refractivity (Wildman–Crippen MR) is 116 cm³/mol. The van der Waals surface area contributed by atoms with Crippen molar-refractivity contribution in [3.8, 4) is 0 Å². The number of hydrogen-bond acceptors (Lipinski definition) is 4. The molecular weight excluding hydrogens is 370 g/mol. The zero-order valence-corrected chi connectivity index (χ0v) is 17.6. The molecule has 2 N–H and O–H groups in total. The molecule has 0 aliphatic carbocycles. The van der Waals surface area contributed by atoms with Gasteiger partial charge in [-0.25, -0.2) is 9.97 Å². The number of carbonyl (C=O) groups is 1. The van der Waals surface area contributed by atoms with Gasteiger partial charge in [0, 0.05) is 32.6 Å². The zero-order chi connectivity index (χ0) is 20.5. The van der Waals surface area contributed by atoms with Crippen molar-refractivity contribution in [1.82, 2.24) is 15.0 Å². The number of carboxylic acid groups (broad SMARTS) is 1. The SMILES string of the molecule is CC(C)(Sc1ccc2[nH]c(/C=C/c3cc(C(C)(C)C)ncn3)cc2c1)C(=O)O. The van der Waals surface area contributed by atoms with Crippen molar-refractivity contribution in [3.63, 3.8) is 0 Å². The Kier molecular flexibility index (Phi) is 5.35. The Morgan fingerprint density at radius 2 is 1.82 bits per heavy atom. The van der Waals surface area contributed by atoms with Crippen LogP contribution in [-0.2, 0) is 10.2 Å². The fraction of sp³-hybridized carbons (Fsp3) is 0.318. The molecule has 6 heteroatoms. The number of benzene rings is 1. The van der Waals surface area contributed by atoms with Gasteiger partial charge in [0.1, 0.15) is 11.1 Å². The summed E-state index contributed by atoms with van der Waals surface area (Å²) in [5.41, 5.74) is 3.81. The molecular formula is C22H25N3O2S. The number of fused-ring (bicyclic) bond motifs is 1. The first-order valence-electron chi connectivity index (χ1n) is 9.10. The third kappa shape index (κ3) is 4.62. The van der Waals surface area contributed by atoms with Crippen LogP contribution in [0, 0.1) is 0 Å². The number of aromatic nitrogens is 3. The lowest BCUT2D eigenvalue weighted by molar-refractivity contribution is -0.138. The number of aliphatic carboxylic acids is 1. The van der Waals surface area contributed by atoms with E-state index in [2.05, 4.69) is 41.8 Å². The molecule has 3 aromatic rings. The molecule has 2 heterocycles. The minimum absolute atomic E-state index is 0.0234. The number of nitrogens with zero attached hydrogens (tertiary/aromatic N) is 2. The Labute approximate surface area is 169 Å². The average Bonchev–Trinajstić information content (AvgIpc) is 3.01. The molecule has 5 nitrogen and oxygen atoms in total. The number of nitrogens with one attached hydrogen (secondary N) is 1. The van der Waals surface area contributed by atoms with Crippen LogP contribution in [0.3, 0.4) is 0 Å². The molecule has 1 aromatic carbocycles. The van der Waals surface area contributed by atoms with E-state index < -0.39 is 10.7 Å². The summed E-state index contributed by atoms with van der Waals surface area (Å²) in [7, 11) is 0.